The highest BCUT2D eigenvalue weighted by atomic mass is 16.7. The number of hydrogen-bond acceptors (Lipinski definition) is 5. The van der Waals surface area contributed by atoms with Gasteiger partial charge in [-0.15, -0.1) is 0 Å². The Labute approximate surface area is 190 Å². The molecule has 1 N–H and O–H groups in total. The standard InChI is InChI=1S/C25H24N4O4/c1-16-20-14-26-29(19-7-4-3-5-8-19)25(31)24(20)17(2)28(16)12-6-9-23(30)27-18-10-11-21-22(13-18)33-15-32-21/h3-5,7-8,10-11,13-14H,6,9,12,15H2,1-2H3,(H,27,30). The van der Waals surface area contributed by atoms with Crippen molar-refractivity contribution < 1.29 is 14.3 Å². The Balaban J connectivity index is 1.30. The smallest absolute Gasteiger partial charge is 0.281 e. The largest absolute Gasteiger partial charge is 0.454 e. The van der Waals surface area contributed by atoms with E-state index in [-0.39, 0.29) is 18.3 Å². The third kappa shape index (κ3) is 3.84. The molecule has 0 spiro atoms. The number of para-hydroxylation sites is 1. The molecule has 8 nitrogen and oxygen atoms in total. The van der Waals surface area contributed by atoms with E-state index in [9.17, 15) is 9.59 Å². The summed E-state index contributed by atoms with van der Waals surface area (Å²) in [5.74, 6) is 1.24. The van der Waals surface area contributed by atoms with Gasteiger partial charge in [-0.05, 0) is 44.5 Å². The van der Waals surface area contributed by atoms with Crippen LogP contribution in [0.25, 0.3) is 16.5 Å². The van der Waals surface area contributed by atoms with E-state index in [2.05, 4.69) is 15.0 Å². The van der Waals surface area contributed by atoms with E-state index in [1.807, 2.05) is 44.2 Å². The van der Waals surface area contributed by atoms with Gasteiger partial charge in [0.15, 0.2) is 11.5 Å². The van der Waals surface area contributed by atoms with Gasteiger partial charge in [-0.1, -0.05) is 18.2 Å². The number of fused-ring (bicyclic) bond motifs is 2. The molecule has 0 atom stereocenters. The van der Waals surface area contributed by atoms with Gasteiger partial charge in [0.1, 0.15) is 0 Å². The number of carbonyl (C=O) groups excluding carboxylic acids is 1. The van der Waals surface area contributed by atoms with Crippen LogP contribution in [0.3, 0.4) is 0 Å². The van der Waals surface area contributed by atoms with Gasteiger partial charge in [0.05, 0.1) is 17.3 Å². The number of aromatic nitrogens is 3. The summed E-state index contributed by atoms with van der Waals surface area (Å²) in [6.07, 6.45) is 2.74. The van der Waals surface area contributed by atoms with Crippen LogP contribution in [0.15, 0.2) is 59.5 Å². The van der Waals surface area contributed by atoms with Crippen molar-refractivity contribution in [2.24, 2.45) is 0 Å². The molecule has 0 bridgehead atoms. The first-order valence-electron chi connectivity index (χ1n) is 10.9. The first-order valence-corrected chi connectivity index (χ1v) is 10.9. The summed E-state index contributed by atoms with van der Waals surface area (Å²) >= 11 is 0. The maximum absolute atomic E-state index is 13.2. The summed E-state index contributed by atoms with van der Waals surface area (Å²) in [4.78, 5) is 25.6. The van der Waals surface area contributed by atoms with Crippen LogP contribution >= 0.6 is 0 Å². The Kier molecular flexibility index (Phi) is 5.34. The van der Waals surface area contributed by atoms with Crippen molar-refractivity contribution >= 4 is 22.4 Å². The summed E-state index contributed by atoms with van der Waals surface area (Å²) in [6, 6.07) is 14.7. The number of amides is 1. The second kappa shape index (κ2) is 8.46. The van der Waals surface area contributed by atoms with Crippen LogP contribution in [-0.4, -0.2) is 27.0 Å². The fourth-order valence-electron chi connectivity index (χ4n) is 4.29. The number of hydrogen-bond donors (Lipinski definition) is 1. The summed E-state index contributed by atoms with van der Waals surface area (Å²) in [7, 11) is 0. The number of anilines is 1. The molecule has 1 aliphatic heterocycles. The summed E-state index contributed by atoms with van der Waals surface area (Å²) in [5.41, 5.74) is 3.13. The highest BCUT2D eigenvalue weighted by molar-refractivity contribution is 5.91. The molecule has 2 aromatic carbocycles. The number of nitrogens with zero attached hydrogens (tertiary/aromatic N) is 3. The molecule has 0 fully saturated rings. The molecule has 4 aromatic rings. The van der Waals surface area contributed by atoms with Gasteiger partial charge in [0.2, 0.25) is 12.7 Å². The van der Waals surface area contributed by atoms with Gasteiger partial charge in [0, 0.05) is 41.5 Å². The number of rotatable bonds is 6. The SMILES string of the molecule is Cc1c2cnn(-c3ccccc3)c(=O)c2c(C)n1CCCC(=O)Nc1ccc2c(c1)OCO2. The summed E-state index contributed by atoms with van der Waals surface area (Å²) < 4.78 is 14.2. The van der Waals surface area contributed by atoms with Gasteiger partial charge in [-0.3, -0.25) is 9.59 Å². The number of aryl methyl sites for hydroxylation is 2. The van der Waals surface area contributed by atoms with Gasteiger partial charge >= 0.3 is 0 Å². The fraction of sp³-hybridized carbons (Fsp3) is 0.240. The zero-order valence-electron chi connectivity index (χ0n) is 18.5. The number of carbonyl (C=O) groups is 1. The normalized spacial score (nSPS) is 12.3. The Morgan fingerprint density at radius 2 is 1.85 bits per heavy atom. The Morgan fingerprint density at radius 3 is 2.67 bits per heavy atom. The molecule has 0 aliphatic carbocycles. The van der Waals surface area contributed by atoms with Crippen molar-refractivity contribution in [1.82, 2.24) is 14.3 Å². The van der Waals surface area contributed by atoms with Crippen LogP contribution in [0.1, 0.15) is 24.2 Å². The lowest BCUT2D eigenvalue weighted by Gasteiger charge is -2.10. The van der Waals surface area contributed by atoms with Gasteiger partial charge in [-0.2, -0.15) is 9.78 Å². The lowest BCUT2D eigenvalue weighted by molar-refractivity contribution is -0.116. The number of ether oxygens (including phenoxy) is 2. The monoisotopic (exact) mass is 444 g/mol. The molecular formula is C25H24N4O4. The molecule has 0 radical (unpaired) electrons. The van der Waals surface area contributed by atoms with Crippen molar-refractivity contribution in [2.45, 2.75) is 33.2 Å². The van der Waals surface area contributed by atoms with E-state index in [0.717, 1.165) is 22.5 Å². The average molecular weight is 444 g/mol. The molecule has 0 unspecified atom stereocenters. The molecule has 33 heavy (non-hydrogen) atoms. The number of nitrogens with one attached hydrogen (secondary N) is 1. The van der Waals surface area contributed by atoms with Crippen LogP contribution in [0.5, 0.6) is 11.5 Å². The molecule has 1 amide bonds. The summed E-state index contributed by atoms with van der Waals surface area (Å²) in [5, 5.41) is 8.79. The van der Waals surface area contributed by atoms with Crippen LogP contribution in [-0.2, 0) is 11.3 Å². The van der Waals surface area contributed by atoms with E-state index in [1.165, 1.54) is 4.68 Å². The fourth-order valence-corrected chi connectivity index (χ4v) is 4.29. The molecule has 0 saturated heterocycles. The highest BCUT2D eigenvalue weighted by Gasteiger charge is 2.17. The van der Waals surface area contributed by atoms with Crippen LogP contribution in [0, 0.1) is 13.8 Å². The molecule has 8 heteroatoms. The van der Waals surface area contributed by atoms with Crippen LogP contribution in [0.2, 0.25) is 0 Å². The van der Waals surface area contributed by atoms with E-state index in [0.29, 0.717) is 42.0 Å². The molecule has 0 saturated carbocycles. The van der Waals surface area contributed by atoms with Crippen molar-refractivity contribution in [3.8, 4) is 17.2 Å². The third-order valence-electron chi connectivity index (χ3n) is 5.98. The quantitative estimate of drug-likeness (QED) is 0.487. The van der Waals surface area contributed by atoms with Crippen LogP contribution in [0.4, 0.5) is 5.69 Å². The minimum absolute atomic E-state index is 0.0750. The second-order valence-corrected chi connectivity index (χ2v) is 8.03. The van der Waals surface area contributed by atoms with E-state index < -0.39 is 0 Å². The van der Waals surface area contributed by atoms with E-state index >= 15 is 0 Å². The van der Waals surface area contributed by atoms with Crippen molar-refractivity contribution in [1.29, 1.82) is 0 Å². The molecule has 168 valence electrons. The summed E-state index contributed by atoms with van der Waals surface area (Å²) in [6.45, 7) is 4.75. The topological polar surface area (TPSA) is 87.4 Å². The second-order valence-electron chi connectivity index (χ2n) is 8.03. The molecule has 2 aromatic heterocycles. The van der Waals surface area contributed by atoms with E-state index in [4.69, 9.17) is 9.47 Å². The molecule has 5 rings (SSSR count). The number of benzene rings is 2. The minimum atomic E-state index is -0.140. The van der Waals surface area contributed by atoms with Crippen LogP contribution < -0.4 is 20.3 Å². The van der Waals surface area contributed by atoms with E-state index in [1.54, 1.807) is 24.4 Å². The lowest BCUT2D eigenvalue weighted by atomic mass is 10.2. The first-order chi connectivity index (χ1) is 16.0. The van der Waals surface area contributed by atoms with Gasteiger partial charge in [0.25, 0.3) is 5.56 Å². The maximum Gasteiger partial charge on any atom is 0.281 e. The predicted molar refractivity (Wildman–Crippen MR) is 125 cm³/mol. The highest BCUT2D eigenvalue weighted by Crippen LogP contribution is 2.34. The van der Waals surface area contributed by atoms with Gasteiger partial charge in [-0.25, -0.2) is 0 Å². The van der Waals surface area contributed by atoms with Gasteiger partial charge < -0.3 is 19.4 Å². The maximum atomic E-state index is 13.2. The molecule has 3 heterocycles. The Hall–Kier alpha value is -4.07. The Bertz CT molecular complexity index is 1410. The zero-order chi connectivity index (χ0) is 22.9. The average Bonchev–Trinajstić information content (AvgIpc) is 3.38. The molecular weight excluding hydrogens is 420 g/mol. The van der Waals surface area contributed by atoms with Crippen molar-refractivity contribution in [2.75, 3.05) is 12.1 Å². The van der Waals surface area contributed by atoms with Crippen molar-refractivity contribution in [3.63, 3.8) is 0 Å². The van der Waals surface area contributed by atoms with Crippen molar-refractivity contribution in [3.05, 3.63) is 76.5 Å². The Morgan fingerprint density at radius 1 is 1.06 bits per heavy atom. The zero-order valence-corrected chi connectivity index (χ0v) is 18.5. The lowest BCUT2D eigenvalue weighted by Crippen LogP contribution is -2.21. The predicted octanol–water partition coefficient (Wildman–Crippen LogP) is 3.95. The molecule has 1 aliphatic rings. The first kappa shape index (κ1) is 20.8. The minimum Gasteiger partial charge on any atom is -0.454 e. The third-order valence-corrected chi connectivity index (χ3v) is 5.98.